The minimum absolute atomic E-state index is 0.0209. The third-order valence-electron chi connectivity index (χ3n) is 3.12. The molecule has 5 N–H and O–H groups in total. The maximum Gasteiger partial charge on any atom is 0.404 e. The molecular formula is C12H17N3O3. The Bertz CT molecular complexity index is 438. The van der Waals surface area contributed by atoms with E-state index in [0.29, 0.717) is 18.7 Å². The van der Waals surface area contributed by atoms with Crippen LogP contribution in [0.25, 0.3) is 0 Å². The molecule has 6 heteroatoms. The number of primary amides is 1. The van der Waals surface area contributed by atoms with Crippen LogP contribution in [0.5, 0.6) is 0 Å². The van der Waals surface area contributed by atoms with Crippen LogP contribution in [0.4, 0.5) is 16.2 Å². The van der Waals surface area contributed by atoms with Gasteiger partial charge in [0.1, 0.15) is 6.10 Å². The average Bonchev–Trinajstić information content (AvgIpc) is 2.71. The molecule has 2 atom stereocenters. The second-order valence-corrected chi connectivity index (χ2v) is 4.34. The molecule has 0 saturated carbocycles. The number of nitrogens with two attached hydrogens (primary N) is 2. The van der Waals surface area contributed by atoms with E-state index in [0.717, 1.165) is 5.69 Å². The van der Waals surface area contributed by atoms with Gasteiger partial charge in [-0.25, -0.2) is 4.79 Å². The number of nitrogen functional groups attached to an aromatic ring is 1. The highest BCUT2D eigenvalue weighted by molar-refractivity contribution is 5.69. The van der Waals surface area contributed by atoms with Crippen molar-refractivity contribution in [3.63, 3.8) is 0 Å². The molecule has 1 aliphatic rings. The van der Waals surface area contributed by atoms with Gasteiger partial charge in [0, 0.05) is 6.42 Å². The molecule has 0 radical (unpaired) electrons. The number of amides is 1. The summed E-state index contributed by atoms with van der Waals surface area (Å²) in [5.74, 6) is 0. The van der Waals surface area contributed by atoms with E-state index in [2.05, 4.69) is 0 Å². The fourth-order valence-electron chi connectivity index (χ4n) is 2.34. The second-order valence-electron chi connectivity index (χ2n) is 4.34. The molecule has 0 unspecified atom stereocenters. The Kier molecular flexibility index (Phi) is 3.57. The zero-order chi connectivity index (χ0) is 13.1. The molecule has 2 rings (SSSR count). The minimum atomic E-state index is -0.792. The molecule has 1 saturated heterocycles. The summed E-state index contributed by atoms with van der Waals surface area (Å²) in [6, 6.07) is 7.29. The molecule has 1 aromatic carbocycles. The first kappa shape index (κ1) is 12.5. The fraction of sp³-hybridized carbons (Fsp3) is 0.417. The lowest BCUT2D eigenvalue weighted by Crippen LogP contribution is -2.33. The first-order valence-corrected chi connectivity index (χ1v) is 5.80. The number of para-hydroxylation sites is 2. The van der Waals surface area contributed by atoms with E-state index >= 15 is 0 Å². The highest BCUT2D eigenvalue weighted by atomic mass is 16.6. The molecule has 0 aromatic heterocycles. The van der Waals surface area contributed by atoms with Gasteiger partial charge in [0.05, 0.1) is 30.6 Å². The highest BCUT2D eigenvalue weighted by Crippen LogP contribution is 2.31. The molecule has 18 heavy (non-hydrogen) atoms. The Labute approximate surface area is 105 Å². The number of anilines is 2. The zero-order valence-corrected chi connectivity index (χ0v) is 9.95. The Hall–Kier alpha value is -1.95. The van der Waals surface area contributed by atoms with Crippen molar-refractivity contribution in [2.45, 2.75) is 18.6 Å². The smallest absolute Gasteiger partial charge is 0.404 e. The van der Waals surface area contributed by atoms with Crippen LogP contribution in [0.2, 0.25) is 0 Å². The van der Waals surface area contributed by atoms with E-state index in [1.807, 2.05) is 23.1 Å². The molecule has 1 aromatic rings. The summed E-state index contributed by atoms with van der Waals surface area (Å²) < 4.78 is 4.98. The first-order chi connectivity index (χ1) is 8.61. The lowest BCUT2D eigenvalue weighted by Gasteiger charge is -2.26. The molecular weight excluding hydrogens is 234 g/mol. The Morgan fingerprint density at radius 3 is 2.83 bits per heavy atom. The van der Waals surface area contributed by atoms with Crippen molar-refractivity contribution in [2.75, 3.05) is 23.8 Å². The van der Waals surface area contributed by atoms with E-state index in [1.165, 1.54) is 0 Å². The topological polar surface area (TPSA) is 102 Å². The van der Waals surface area contributed by atoms with Crippen molar-refractivity contribution in [3.05, 3.63) is 24.3 Å². The van der Waals surface area contributed by atoms with Gasteiger partial charge in [0.2, 0.25) is 0 Å². The van der Waals surface area contributed by atoms with Gasteiger partial charge in [-0.15, -0.1) is 0 Å². The quantitative estimate of drug-likeness (QED) is 0.671. The Morgan fingerprint density at radius 2 is 2.22 bits per heavy atom. The van der Waals surface area contributed by atoms with Crippen LogP contribution in [0.1, 0.15) is 6.42 Å². The van der Waals surface area contributed by atoms with Crippen molar-refractivity contribution < 1.29 is 14.6 Å². The highest BCUT2D eigenvalue weighted by Gasteiger charge is 2.34. The average molecular weight is 251 g/mol. The number of aliphatic hydroxyl groups is 1. The van der Waals surface area contributed by atoms with E-state index in [-0.39, 0.29) is 18.8 Å². The lowest BCUT2D eigenvalue weighted by atomic mass is 10.2. The number of ether oxygens (including phenoxy) is 1. The molecule has 0 spiro atoms. The van der Waals surface area contributed by atoms with Crippen LogP contribution in [0.3, 0.4) is 0 Å². The van der Waals surface area contributed by atoms with Gasteiger partial charge in [0.15, 0.2) is 0 Å². The summed E-state index contributed by atoms with van der Waals surface area (Å²) in [6.07, 6.45) is -0.549. The maximum absolute atomic E-state index is 10.8. The number of rotatable bonds is 3. The van der Waals surface area contributed by atoms with Crippen LogP contribution < -0.4 is 16.4 Å². The van der Waals surface area contributed by atoms with Crippen molar-refractivity contribution in [2.24, 2.45) is 5.73 Å². The van der Waals surface area contributed by atoms with Gasteiger partial charge in [0.25, 0.3) is 0 Å². The van der Waals surface area contributed by atoms with E-state index in [9.17, 15) is 9.90 Å². The standard InChI is InChI=1S/C12H17N3O3/c13-10-3-1-2-4-11(10)15-6-9(18-12(14)17)5-8(15)7-16/h1-4,8-9,16H,5-7,13H2,(H2,14,17)/t8-,9-/m0/s1. The Balaban J connectivity index is 2.17. The number of nitrogens with zero attached hydrogens (tertiary/aromatic N) is 1. The predicted molar refractivity (Wildman–Crippen MR) is 68.1 cm³/mol. The van der Waals surface area contributed by atoms with Crippen molar-refractivity contribution in [3.8, 4) is 0 Å². The monoisotopic (exact) mass is 251 g/mol. The number of carbonyl (C=O) groups is 1. The molecule has 0 bridgehead atoms. The van der Waals surface area contributed by atoms with Crippen molar-refractivity contribution >= 4 is 17.5 Å². The molecule has 1 fully saturated rings. The van der Waals surface area contributed by atoms with Crippen LogP contribution in [0, 0.1) is 0 Å². The van der Waals surface area contributed by atoms with Crippen LogP contribution >= 0.6 is 0 Å². The van der Waals surface area contributed by atoms with Crippen molar-refractivity contribution in [1.82, 2.24) is 0 Å². The normalized spacial score (nSPS) is 23.1. The first-order valence-electron chi connectivity index (χ1n) is 5.80. The van der Waals surface area contributed by atoms with Gasteiger partial charge < -0.3 is 26.2 Å². The third kappa shape index (κ3) is 2.48. The second kappa shape index (κ2) is 5.14. The summed E-state index contributed by atoms with van der Waals surface area (Å²) in [5.41, 5.74) is 12.4. The summed E-state index contributed by atoms with van der Waals surface area (Å²) in [4.78, 5) is 12.7. The summed E-state index contributed by atoms with van der Waals surface area (Å²) in [7, 11) is 0. The van der Waals surface area contributed by atoms with Crippen LogP contribution in [-0.2, 0) is 4.74 Å². The summed E-state index contributed by atoms with van der Waals surface area (Å²) in [6.45, 7) is 0.468. The van der Waals surface area contributed by atoms with Gasteiger partial charge in [-0.1, -0.05) is 12.1 Å². The molecule has 1 heterocycles. The maximum atomic E-state index is 10.8. The summed E-state index contributed by atoms with van der Waals surface area (Å²) >= 11 is 0. The molecule has 1 aliphatic heterocycles. The van der Waals surface area contributed by atoms with Gasteiger partial charge in [-0.3, -0.25) is 0 Å². The predicted octanol–water partition coefficient (Wildman–Crippen LogP) is 0.304. The number of carbonyl (C=O) groups excluding carboxylic acids is 1. The van der Waals surface area contributed by atoms with Gasteiger partial charge >= 0.3 is 6.09 Å². The number of benzene rings is 1. The fourth-order valence-corrected chi connectivity index (χ4v) is 2.34. The van der Waals surface area contributed by atoms with E-state index in [1.54, 1.807) is 6.07 Å². The third-order valence-corrected chi connectivity index (χ3v) is 3.12. The zero-order valence-electron chi connectivity index (χ0n) is 9.95. The largest absolute Gasteiger partial charge is 0.444 e. The molecule has 0 aliphatic carbocycles. The van der Waals surface area contributed by atoms with Gasteiger partial charge in [-0.05, 0) is 12.1 Å². The van der Waals surface area contributed by atoms with E-state index in [4.69, 9.17) is 16.2 Å². The Morgan fingerprint density at radius 1 is 1.50 bits per heavy atom. The minimum Gasteiger partial charge on any atom is -0.444 e. The van der Waals surface area contributed by atoms with Crippen LogP contribution in [0.15, 0.2) is 24.3 Å². The lowest BCUT2D eigenvalue weighted by molar-refractivity contribution is 0.114. The number of aliphatic hydroxyl groups excluding tert-OH is 1. The van der Waals surface area contributed by atoms with Crippen molar-refractivity contribution in [1.29, 1.82) is 0 Å². The number of hydrogen-bond acceptors (Lipinski definition) is 5. The summed E-state index contributed by atoms with van der Waals surface area (Å²) in [5, 5.41) is 9.39. The molecule has 1 amide bonds. The van der Waals surface area contributed by atoms with Gasteiger partial charge in [-0.2, -0.15) is 0 Å². The SMILES string of the molecule is NC(=O)O[C@H]1C[C@@H](CO)N(c2ccccc2N)C1. The van der Waals surface area contributed by atoms with E-state index < -0.39 is 6.09 Å². The van der Waals surface area contributed by atoms with Crippen LogP contribution in [-0.4, -0.2) is 36.5 Å². The molecule has 6 nitrogen and oxygen atoms in total. The molecule has 98 valence electrons. The number of hydrogen-bond donors (Lipinski definition) is 3.